The first-order valence-electron chi connectivity index (χ1n) is 27.4. The summed E-state index contributed by atoms with van der Waals surface area (Å²) in [7, 11) is 4.72. The lowest BCUT2D eigenvalue weighted by molar-refractivity contribution is -0.153. The van der Waals surface area contributed by atoms with Crippen LogP contribution in [0.25, 0.3) is 0 Å². The average molecular weight is 1090 g/mol. The van der Waals surface area contributed by atoms with E-state index in [0.717, 1.165) is 66.7 Å². The molecule has 1 amide bonds. The lowest BCUT2D eigenvalue weighted by Crippen LogP contribution is -2.48. The van der Waals surface area contributed by atoms with Gasteiger partial charge in [-0.1, -0.05) is 128 Å². The number of amides is 1. The number of aliphatic hydroxyl groups is 1. The van der Waals surface area contributed by atoms with Crippen LogP contribution in [0.5, 0.6) is 0 Å². The molecule has 3 aliphatic rings. The number of hydrogen-bond donors (Lipinski definition) is 2. The van der Waals surface area contributed by atoms with Crippen molar-refractivity contribution in [1.29, 1.82) is 0 Å². The smallest absolute Gasteiger partial charge is 0.480 e. The van der Waals surface area contributed by atoms with Crippen molar-refractivity contribution < 1.29 is 57.9 Å². The van der Waals surface area contributed by atoms with Crippen molar-refractivity contribution in [2.45, 2.75) is 195 Å². The zero-order valence-electron chi connectivity index (χ0n) is 47.7. The van der Waals surface area contributed by atoms with Gasteiger partial charge >= 0.3 is 12.1 Å². The predicted octanol–water partition coefficient (Wildman–Crippen LogP) is 13.1. The van der Waals surface area contributed by atoms with E-state index in [1.165, 1.54) is 53.7 Å². The Labute approximate surface area is 459 Å². The second-order valence-electron chi connectivity index (χ2n) is 19.8. The number of rotatable bonds is 24. The number of carboxylic acids is 1. The van der Waals surface area contributed by atoms with Crippen LogP contribution >= 0.6 is 21.6 Å². The normalized spacial score (nSPS) is 19.2. The van der Waals surface area contributed by atoms with E-state index in [1.807, 2.05) is 97.0 Å². The molecule has 2 aliphatic heterocycles. The monoisotopic (exact) mass is 1090 g/mol. The summed E-state index contributed by atoms with van der Waals surface area (Å²) >= 11 is 0. The summed E-state index contributed by atoms with van der Waals surface area (Å²) < 4.78 is 21.5. The Morgan fingerprint density at radius 3 is 2.13 bits per heavy atom. The van der Waals surface area contributed by atoms with E-state index in [9.17, 15) is 28.8 Å². The van der Waals surface area contributed by atoms with Crippen molar-refractivity contribution in [2.24, 2.45) is 29.6 Å². The van der Waals surface area contributed by atoms with Gasteiger partial charge in [0.15, 0.2) is 0 Å². The van der Waals surface area contributed by atoms with Crippen LogP contribution in [0, 0.1) is 29.6 Å². The van der Waals surface area contributed by atoms with Crippen molar-refractivity contribution in [3.63, 3.8) is 0 Å². The highest BCUT2D eigenvalue weighted by atomic mass is 33.1. The molecule has 3 fully saturated rings. The molecule has 75 heavy (non-hydrogen) atoms. The Hall–Kier alpha value is -4.09. The largest absolute Gasteiger partial charge is 0.508 e. The number of likely N-dealkylation sites (tertiary alicyclic amines) is 1. The van der Waals surface area contributed by atoms with E-state index in [0.29, 0.717) is 43.1 Å². The molecule has 2 N–H and O–H groups in total. The molecule has 0 bridgehead atoms. The van der Waals surface area contributed by atoms with Crippen LogP contribution in [0.2, 0.25) is 0 Å². The molecule has 0 aromatic carbocycles. The van der Waals surface area contributed by atoms with Crippen molar-refractivity contribution >= 4 is 57.5 Å². The van der Waals surface area contributed by atoms with Crippen LogP contribution in [-0.2, 0) is 42.9 Å². The van der Waals surface area contributed by atoms with Crippen LogP contribution in [0.15, 0.2) is 77.0 Å². The number of aliphatic carboxylic acids is 1. The molecular formula is C59H96N2O12S2. The maximum Gasteiger partial charge on any atom is 0.508 e. The minimum Gasteiger partial charge on any atom is -0.480 e. The third-order valence-electron chi connectivity index (χ3n) is 12.7. The zero-order valence-corrected chi connectivity index (χ0v) is 49.3. The molecule has 1 aromatic heterocycles. The number of carboxylic acid groups (broad SMARTS) is 1. The maximum atomic E-state index is 13.4. The number of methoxy groups -OCH3 is 1. The molecule has 4 rings (SSSR count). The Balaban J connectivity index is 0.00000149. The van der Waals surface area contributed by atoms with Gasteiger partial charge in [0, 0.05) is 63.5 Å². The van der Waals surface area contributed by atoms with Gasteiger partial charge in [0.1, 0.15) is 35.3 Å². The number of aldehydes is 1. The van der Waals surface area contributed by atoms with Gasteiger partial charge in [-0.25, -0.2) is 14.6 Å². The summed E-state index contributed by atoms with van der Waals surface area (Å²) in [6.07, 6.45) is 24.7. The summed E-state index contributed by atoms with van der Waals surface area (Å²) in [5.41, 5.74) is 1.81. The summed E-state index contributed by atoms with van der Waals surface area (Å²) in [4.78, 5) is 76.0. The van der Waals surface area contributed by atoms with Gasteiger partial charge in [0.2, 0.25) is 6.29 Å². The molecular weight excluding hydrogens is 993 g/mol. The molecule has 1 aliphatic carbocycles. The lowest BCUT2D eigenvalue weighted by Gasteiger charge is -2.31. The fourth-order valence-electron chi connectivity index (χ4n) is 7.86. The summed E-state index contributed by atoms with van der Waals surface area (Å²) in [6, 6.07) is 4.88. The van der Waals surface area contributed by atoms with Gasteiger partial charge in [-0.2, -0.15) is 0 Å². The van der Waals surface area contributed by atoms with Gasteiger partial charge in [-0.05, 0) is 130 Å². The van der Waals surface area contributed by atoms with E-state index in [4.69, 9.17) is 29.2 Å². The number of ketones is 2. The number of carbonyl (C=O) groups excluding carboxylic acids is 5. The second-order valence-corrected chi connectivity index (χ2v) is 22.3. The van der Waals surface area contributed by atoms with Crippen LogP contribution in [-0.4, -0.2) is 120 Å². The molecule has 5 unspecified atom stereocenters. The Bertz CT molecular complexity index is 1840. The van der Waals surface area contributed by atoms with Crippen molar-refractivity contribution in [1.82, 2.24) is 9.88 Å². The molecule has 7 atom stereocenters. The fourth-order valence-corrected chi connectivity index (χ4v) is 9.56. The Kier molecular flexibility index (Phi) is 41.6. The average Bonchev–Trinajstić information content (AvgIpc) is 3.40. The molecule has 1 aromatic rings. The minimum absolute atomic E-state index is 0.00504. The van der Waals surface area contributed by atoms with Crippen molar-refractivity contribution in [2.75, 3.05) is 39.2 Å². The van der Waals surface area contributed by atoms with E-state index in [2.05, 4.69) is 38.8 Å². The summed E-state index contributed by atoms with van der Waals surface area (Å²) in [6.45, 7) is 24.6. The number of ether oxygens (including phenoxy) is 4. The van der Waals surface area contributed by atoms with Gasteiger partial charge < -0.3 is 34.1 Å². The number of hydrogen-bond acceptors (Lipinski definition) is 14. The quantitative estimate of drug-likeness (QED) is 0.0188. The molecule has 16 heteroatoms. The topological polar surface area (TPSA) is 196 Å². The van der Waals surface area contributed by atoms with E-state index < -0.39 is 30.2 Å². The minimum atomic E-state index is -1.03. The van der Waals surface area contributed by atoms with Gasteiger partial charge in [-0.3, -0.25) is 19.2 Å². The number of piperidine rings is 1. The third kappa shape index (κ3) is 35.0. The van der Waals surface area contributed by atoms with Gasteiger partial charge in [-0.15, -0.1) is 0 Å². The van der Waals surface area contributed by atoms with Crippen molar-refractivity contribution in [3.8, 4) is 0 Å². The number of Topliss-reactive ketones (excluding diaryl/α,β-unsaturated/α-hetero) is 2. The summed E-state index contributed by atoms with van der Waals surface area (Å²) in [5.74, 6) is -0.249. The van der Waals surface area contributed by atoms with E-state index >= 15 is 0 Å². The van der Waals surface area contributed by atoms with E-state index in [-0.39, 0.29) is 60.8 Å². The summed E-state index contributed by atoms with van der Waals surface area (Å²) in [5, 5.41) is 18.5. The standard InChI is InChI=1S/C37H55NO6S2.C8H11NO4.2C6H12O.C2H6/c1-26(2)18-19-33(39)30(6)24-31(7)35(44-37(41)43-21-22-45-46-36-17-13-14-20-38-36)25-34(40)29(5)23-27(3)15-11-10-12-16-28(4)32(8)42-9;10-5-7(11)9-4-2-1-3-6(9)8(12)13;1-6-3-2-4-7-5-6;7-6-4-2-1-3-5-6;1-2/h10-17,20,24,26-27,29-30,32,35H,18-19,21-23,25H2,1-9H3;5-6H,1-4H2,(H,12,13);6H,2-5H2,1H3;6-7H,1-5H2;1-2H3/b12-10+,15-11+,28-16+,31-24+;;;;/t27-,29-,30?,32?,35?;;;;/m1..../s1. The number of aliphatic hydroxyl groups excluding tert-OH is 1. The number of pyridine rings is 1. The first-order chi connectivity index (χ1) is 35.8. The highest BCUT2D eigenvalue weighted by Gasteiger charge is 2.31. The van der Waals surface area contributed by atoms with Crippen LogP contribution < -0.4 is 0 Å². The molecule has 0 radical (unpaired) electrons. The highest BCUT2D eigenvalue weighted by Crippen LogP contribution is 2.29. The molecule has 1 saturated carbocycles. The van der Waals surface area contributed by atoms with Gasteiger partial charge in [0.25, 0.3) is 5.91 Å². The molecule has 426 valence electrons. The number of aromatic nitrogens is 1. The van der Waals surface area contributed by atoms with Crippen LogP contribution in [0.4, 0.5) is 4.79 Å². The highest BCUT2D eigenvalue weighted by molar-refractivity contribution is 8.76. The second kappa shape index (κ2) is 44.0. The number of nitrogens with zero attached hydrogens (tertiary/aromatic N) is 2. The predicted molar refractivity (Wildman–Crippen MR) is 305 cm³/mol. The lowest BCUT2D eigenvalue weighted by atomic mass is 9.89. The number of carbonyl (C=O) groups is 6. The third-order valence-corrected chi connectivity index (χ3v) is 14.9. The first kappa shape index (κ1) is 70.9. The first-order valence-corrected chi connectivity index (χ1v) is 29.7. The SMILES string of the molecule is CC.CC1CCCOC1.COC(C)/C(C)=C/C=C/C=C/[C@@H](C)C[C@@H](C)C(=O)CC(OC(=O)OCCSSc1ccccn1)/C(C)=C/C(C)C(=O)CCC(C)C.O=CC(=O)N1CCCCC1C(=O)O.OC1CCCCC1. The molecule has 14 nitrogen and oxygen atoms in total. The molecule has 2 saturated heterocycles. The Morgan fingerprint density at radius 1 is 0.893 bits per heavy atom. The zero-order chi connectivity index (χ0) is 56.6. The maximum absolute atomic E-state index is 13.4. The van der Waals surface area contributed by atoms with Crippen LogP contribution in [0.1, 0.15) is 166 Å². The van der Waals surface area contributed by atoms with Crippen molar-refractivity contribution in [3.05, 3.63) is 72.0 Å². The number of allylic oxidation sites excluding steroid dienone is 6. The fraction of sp³-hybridized carbons (Fsp3) is 0.678. The molecule has 3 heterocycles. The van der Waals surface area contributed by atoms with E-state index in [1.54, 1.807) is 13.3 Å². The van der Waals surface area contributed by atoms with Crippen LogP contribution in [0.3, 0.4) is 0 Å². The Morgan fingerprint density at radius 2 is 1.59 bits per heavy atom. The molecule has 0 spiro atoms. The van der Waals surface area contributed by atoms with Gasteiger partial charge in [0.05, 0.1) is 12.2 Å².